The lowest BCUT2D eigenvalue weighted by molar-refractivity contribution is 0.0583. The number of ether oxygens (including phenoxy) is 2. The van der Waals surface area contributed by atoms with E-state index in [2.05, 4.69) is 14.4 Å². The molecular weight excluding hydrogens is 348 g/mol. The van der Waals surface area contributed by atoms with Crippen LogP contribution in [0.3, 0.4) is 0 Å². The molecule has 0 spiro atoms. The predicted molar refractivity (Wildman–Crippen MR) is 90.0 cm³/mol. The SMILES string of the molecule is CCN1CCN(S(=O)(=O)c2cc(C(=O)OC)ccc2C(=O)OC)CC1. The fraction of sp³-hybridized carbons (Fsp3) is 0.500. The second kappa shape index (κ2) is 7.94. The smallest absolute Gasteiger partial charge is 0.339 e. The molecule has 2 rings (SSSR count). The Kier molecular flexibility index (Phi) is 6.15. The fourth-order valence-electron chi connectivity index (χ4n) is 2.68. The lowest BCUT2D eigenvalue weighted by Gasteiger charge is -2.33. The van der Waals surface area contributed by atoms with Gasteiger partial charge in [-0.3, -0.25) is 0 Å². The number of rotatable bonds is 5. The lowest BCUT2D eigenvalue weighted by Crippen LogP contribution is -2.48. The Morgan fingerprint density at radius 3 is 2.16 bits per heavy atom. The first-order valence-corrected chi connectivity index (χ1v) is 9.32. The highest BCUT2D eigenvalue weighted by atomic mass is 32.2. The minimum absolute atomic E-state index is 0.0564. The molecule has 0 saturated carbocycles. The van der Waals surface area contributed by atoms with Gasteiger partial charge in [-0.1, -0.05) is 6.92 Å². The van der Waals surface area contributed by atoms with E-state index in [9.17, 15) is 18.0 Å². The Morgan fingerprint density at radius 2 is 1.64 bits per heavy atom. The van der Waals surface area contributed by atoms with Crippen LogP contribution in [0.5, 0.6) is 0 Å². The summed E-state index contributed by atoms with van der Waals surface area (Å²) in [4.78, 5) is 25.6. The Labute approximate surface area is 147 Å². The second-order valence-electron chi connectivity index (χ2n) is 5.53. The summed E-state index contributed by atoms with van der Waals surface area (Å²) >= 11 is 0. The summed E-state index contributed by atoms with van der Waals surface area (Å²) < 4.78 is 36.7. The van der Waals surface area contributed by atoms with E-state index in [4.69, 9.17) is 0 Å². The van der Waals surface area contributed by atoms with Gasteiger partial charge in [0.2, 0.25) is 10.0 Å². The molecule has 1 aromatic carbocycles. The number of esters is 2. The molecule has 0 aliphatic carbocycles. The van der Waals surface area contributed by atoms with E-state index >= 15 is 0 Å². The normalized spacial score (nSPS) is 16.4. The van der Waals surface area contributed by atoms with Crippen LogP contribution in [0.2, 0.25) is 0 Å². The molecule has 0 unspecified atom stereocenters. The van der Waals surface area contributed by atoms with E-state index in [-0.39, 0.29) is 16.0 Å². The topological polar surface area (TPSA) is 93.2 Å². The third-order valence-corrected chi connectivity index (χ3v) is 6.14. The molecule has 1 aliphatic rings. The molecule has 1 saturated heterocycles. The van der Waals surface area contributed by atoms with E-state index in [1.807, 2.05) is 6.92 Å². The lowest BCUT2D eigenvalue weighted by atomic mass is 10.1. The molecule has 0 radical (unpaired) electrons. The Bertz CT molecular complexity index is 754. The number of hydrogen-bond donors (Lipinski definition) is 0. The number of piperazine rings is 1. The van der Waals surface area contributed by atoms with Crippen LogP contribution in [0.1, 0.15) is 27.6 Å². The first-order chi connectivity index (χ1) is 11.8. The molecule has 9 heteroatoms. The molecule has 1 aliphatic heterocycles. The number of nitrogens with zero attached hydrogens (tertiary/aromatic N) is 2. The van der Waals surface area contributed by atoms with Crippen LogP contribution < -0.4 is 0 Å². The molecule has 0 aromatic heterocycles. The van der Waals surface area contributed by atoms with Crippen LogP contribution in [0.4, 0.5) is 0 Å². The minimum Gasteiger partial charge on any atom is -0.465 e. The average molecular weight is 370 g/mol. The highest BCUT2D eigenvalue weighted by molar-refractivity contribution is 7.89. The number of carbonyl (C=O) groups is 2. The molecule has 1 heterocycles. The third kappa shape index (κ3) is 4.00. The third-order valence-electron chi connectivity index (χ3n) is 4.20. The van der Waals surface area contributed by atoms with Gasteiger partial charge in [0.05, 0.1) is 30.2 Å². The van der Waals surface area contributed by atoms with Gasteiger partial charge >= 0.3 is 11.9 Å². The molecule has 138 valence electrons. The van der Waals surface area contributed by atoms with Gasteiger partial charge < -0.3 is 14.4 Å². The highest BCUT2D eigenvalue weighted by Crippen LogP contribution is 2.24. The summed E-state index contributed by atoms with van der Waals surface area (Å²) in [7, 11) is -1.57. The van der Waals surface area contributed by atoms with Gasteiger partial charge in [-0.25, -0.2) is 18.0 Å². The Balaban J connectivity index is 2.46. The minimum atomic E-state index is -3.95. The largest absolute Gasteiger partial charge is 0.465 e. The standard InChI is InChI=1S/C16H22N2O6S/c1-4-17-7-9-18(10-8-17)25(21,22)14-11-12(15(19)23-2)5-6-13(14)16(20)24-3/h5-6,11H,4,7-10H2,1-3H3. The van der Waals surface area contributed by atoms with Crippen molar-refractivity contribution in [2.24, 2.45) is 0 Å². The van der Waals surface area contributed by atoms with Crippen LogP contribution >= 0.6 is 0 Å². The molecular formula is C16H22N2O6S. The van der Waals surface area contributed by atoms with Gasteiger partial charge in [0.15, 0.2) is 0 Å². The zero-order chi connectivity index (χ0) is 18.6. The quantitative estimate of drug-likeness (QED) is 0.700. The molecule has 0 bridgehead atoms. The maximum Gasteiger partial charge on any atom is 0.339 e. The van der Waals surface area contributed by atoms with Gasteiger partial charge in [0.1, 0.15) is 0 Å². The van der Waals surface area contributed by atoms with Crippen LogP contribution in [-0.2, 0) is 19.5 Å². The fourth-order valence-corrected chi connectivity index (χ4v) is 4.31. The second-order valence-corrected chi connectivity index (χ2v) is 7.44. The first-order valence-electron chi connectivity index (χ1n) is 7.88. The molecule has 1 fully saturated rings. The van der Waals surface area contributed by atoms with Gasteiger partial charge in [-0.2, -0.15) is 4.31 Å². The average Bonchev–Trinajstić information content (AvgIpc) is 2.66. The van der Waals surface area contributed by atoms with Crippen molar-refractivity contribution >= 4 is 22.0 Å². The number of sulfonamides is 1. The van der Waals surface area contributed by atoms with E-state index in [1.165, 1.54) is 36.7 Å². The van der Waals surface area contributed by atoms with Crippen molar-refractivity contribution < 1.29 is 27.5 Å². The summed E-state index contributed by atoms with van der Waals surface area (Å²) in [6, 6.07) is 3.78. The van der Waals surface area contributed by atoms with Gasteiger partial charge in [0.25, 0.3) is 0 Å². The summed E-state index contributed by atoms with van der Waals surface area (Å²) in [5, 5.41) is 0. The van der Waals surface area contributed by atoms with Crippen molar-refractivity contribution in [1.82, 2.24) is 9.21 Å². The molecule has 1 aromatic rings. The predicted octanol–water partition coefficient (Wildman–Crippen LogP) is 0.586. The van der Waals surface area contributed by atoms with Crippen molar-refractivity contribution in [2.75, 3.05) is 46.9 Å². The maximum atomic E-state index is 13.0. The van der Waals surface area contributed by atoms with Crippen LogP contribution in [0.25, 0.3) is 0 Å². The van der Waals surface area contributed by atoms with Gasteiger partial charge in [-0.15, -0.1) is 0 Å². The monoisotopic (exact) mass is 370 g/mol. The number of benzene rings is 1. The van der Waals surface area contributed by atoms with E-state index in [0.717, 1.165) is 6.54 Å². The Morgan fingerprint density at radius 1 is 1.04 bits per heavy atom. The van der Waals surface area contributed by atoms with Crippen LogP contribution in [0, 0.1) is 0 Å². The molecule has 0 amide bonds. The zero-order valence-corrected chi connectivity index (χ0v) is 15.3. The van der Waals surface area contributed by atoms with Crippen LogP contribution in [0.15, 0.2) is 23.1 Å². The van der Waals surface area contributed by atoms with Crippen molar-refractivity contribution in [2.45, 2.75) is 11.8 Å². The van der Waals surface area contributed by atoms with E-state index in [1.54, 1.807) is 0 Å². The van der Waals surface area contributed by atoms with Crippen molar-refractivity contribution in [1.29, 1.82) is 0 Å². The van der Waals surface area contributed by atoms with Crippen molar-refractivity contribution in [3.8, 4) is 0 Å². The first kappa shape index (κ1) is 19.4. The maximum absolute atomic E-state index is 13.0. The van der Waals surface area contributed by atoms with E-state index < -0.39 is 22.0 Å². The van der Waals surface area contributed by atoms with E-state index in [0.29, 0.717) is 26.2 Å². The summed E-state index contributed by atoms with van der Waals surface area (Å²) in [5.74, 6) is -1.45. The van der Waals surface area contributed by atoms with Gasteiger partial charge in [0, 0.05) is 26.2 Å². The van der Waals surface area contributed by atoms with Crippen molar-refractivity contribution in [3.63, 3.8) is 0 Å². The summed E-state index contributed by atoms with van der Waals surface area (Å²) in [6.45, 7) is 4.72. The van der Waals surface area contributed by atoms with Crippen LogP contribution in [-0.4, -0.2) is 76.5 Å². The molecule has 8 nitrogen and oxygen atoms in total. The number of likely N-dealkylation sites (N-methyl/N-ethyl adjacent to an activating group) is 1. The number of carbonyl (C=O) groups excluding carboxylic acids is 2. The van der Waals surface area contributed by atoms with Gasteiger partial charge in [-0.05, 0) is 24.7 Å². The van der Waals surface area contributed by atoms with Crippen molar-refractivity contribution in [3.05, 3.63) is 29.3 Å². The molecule has 0 atom stereocenters. The molecule has 0 N–H and O–H groups in total. The summed E-state index contributed by atoms with van der Waals surface area (Å²) in [6.07, 6.45) is 0. The Hall–Kier alpha value is -1.97. The zero-order valence-electron chi connectivity index (χ0n) is 14.5. The highest BCUT2D eigenvalue weighted by Gasteiger charge is 2.32. The summed E-state index contributed by atoms with van der Waals surface area (Å²) in [5.41, 5.74) is -0.0472. The number of methoxy groups -OCH3 is 2. The molecule has 25 heavy (non-hydrogen) atoms. The number of hydrogen-bond acceptors (Lipinski definition) is 7.